The highest BCUT2D eigenvalue weighted by molar-refractivity contribution is 7.13. The van der Waals surface area contributed by atoms with E-state index in [9.17, 15) is 27.5 Å². The fraction of sp³-hybridized carbons (Fsp3) is 0.333. The zero-order valence-electron chi connectivity index (χ0n) is 18.4. The smallest absolute Gasteiger partial charge is 0.416 e. The van der Waals surface area contributed by atoms with E-state index in [4.69, 9.17) is 9.47 Å². The van der Waals surface area contributed by atoms with Crippen molar-refractivity contribution in [3.05, 3.63) is 70.5 Å². The molecule has 5 nitrogen and oxygen atoms in total. The molecule has 1 aromatic heterocycles. The average Bonchev–Trinajstić information content (AvgIpc) is 3.23. The quantitative estimate of drug-likeness (QED) is 0.348. The van der Waals surface area contributed by atoms with E-state index in [1.807, 2.05) is 0 Å². The second kappa shape index (κ2) is 11.0. The zero-order chi connectivity index (χ0) is 24.9. The maximum absolute atomic E-state index is 14.4. The van der Waals surface area contributed by atoms with E-state index in [-0.39, 0.29) is 24.9 Å². The first-order valence-corrected chi connectivity index (χ1v) is 11.3. The van der Waals surface area contributed by atoms with Gasteiger partial charge < -0.3 is 14.6 Å². The Morgan fingerprint density at radius 2 is 1.85 bits per heavy atom. The van der Waals surface area contributed by atoms with Crippen molar-refractivity contribution in [1.29, 1.82) is 0 Å². The van der Waals surface area contributed by atoms with Gasteiger partial charge in [0.2, 0.25) is 0 Å². The molecule has 0 amide bonds. The summed E-state index contributed by atoms with van der Waals surface area (Å²) >= 11 is 1.30. The first-order valence-electron chi connectivity index (χ1n) is 10.4. The van der Waals surface area contributed by atoms with Crippen LogP contribution in [0.2, 0.25) is 0 Å². The van der Waals surface area contributed by atoms with Gasteiger partial charge in [-0.25, -0.2) is 14.2 Å². The van der Waals surface area contributed by atoms with Gasteiger partial charge in [-0.1, -0.05) is 18.2 Å². The zero-order valence-corrected chi connectivity index (χ0v) is 19.3. The van der Waals surface area contributed by atoms with Crippen LogP contribution in [-0.4, -0.2) is 34.9 Å². The first-order chi connectivity index (χ1) is 16.0. The van der Waals surface area contributed by atoms with Crippen molar-refractivity contribution in [2.24, 2.45) is 0 Å². The second-order valence-electron chi connectivity index (χ2n) is 7.80. The summed E-state index contributed by atoms with van der Waals surface area (Å²) < 4.78 is 63.4. The highest BCUT2D eigenvalue weighted by atomic mass is 32.1. The second-order valence-corrected chi connectivity index (χ2v) is 8.66. The molecule has 0 bridgehead atoms. The third-order valence-corrected chi connectivity index (χ3v) is 5.70. The van der Waals surface area contributed by atoms with E-state index >= 15 is 0 Å². The molecule has 0 spiro atoms. The van der Waals surface area contributed by atoms with Crippen molar-refractivity contribution in [2.75, 3.05) is 6.61 Å². The Labute approximate surface area is 198 Å². The molecule has 10 heteroatoms. The molecule has 0 saturated carbocycles. The molecule has 2 aromatic carbocycles. The topological polar surface area (TPSA) is 68.7 Å². The van der Waals surface area contributed by atoms with Gasteiger partial charge in [-0.15, -0.1) is 11.3 Å². The van der Waals surface area contributed by atoms with E-state index in [0.717, 1.165) is 12.1 Å². The first kappa shape index (κ1) is 25.6. The van der Waals surface area contributed by atoms with Gasteiger partial charge in [0.1, 0.15) is 5.01 Å². The SMILES string of the molecule is CC(C)OC(Cc1ccc(OCCc2csc(-c3ccc(C(F)(F)F)cc3)n2)c(F)c1)C(=O)O. The van der Waals surface area contributed by atoms with Crippen molar-refractivity contribution >= 4 is 17.3 Å². The standard InChI is InChI=1S/C24H23F4NO4S/c1-14(2)33-21(23(30)31)12-15-3-8-20(19(25)11-15)32-10-9-18-13-34-22(29-18)16-4-6-17(7-5-16)24(26,27)28/h3-8,11,13-14,21H,9-10,12H2,1-2H3,(H,30,31). The highest BCUT2D eigenvalue weighted by Crippen LogP contribution is 2.32. The molecule has 3 rings (SSSR count). The number of carboxylic acid groups (broad SMARTS) is 1. The molecule has 1 unspecified atom stereocenters. The van der Waals surface area contributed by atoms with Crippen LogP contribution in [0.5, 0.6) is 5.75 Å². The van der Waals surface area contributed by atoms with Crippen molar-refractivity contribution < 1.29 is 36.9 Å². The van der Waals surface area contributed by atoms with Gasteiger partial charge in [0.15, 0.2) is 17.7 Å². The van der Waals surface area contributed by atoms with Crippen molar-refractivity contribution in [3.63, 3.8) is 0 Å². The average molecular weight is 498 g/mol. The predicted molar refractivity (Wildman–Crippen MR) is 119 cm³/mol. The number of carboxylic acids is 1. The van der Waals surface area contributed by atoms with Gasteiger partial charge in [-0.05, 0) is 43.7 Å². The molecule has 0 radical (unpaired) electrons. The van der Waals surface area contributed by atoms with Crippen LogP contribution in [0.25, 0.3) is 10.6 Å². The number of rotatable bonds is 10. The van der Waals surface area contributed by atoms with Crippen molar-refractivity contribution in [2.45, 2.75) is 45.1 Å². The Morgan fingerprint density at radius 3 is 2.44 bits per heavy atom. The van der Waals surface area contributed by atoms with Crippen LogP contribution in [0.4, 0.5) is 17.6 Å². The predicted octanol–water partition coefficient (Wildman–Crippen LogP) is 6.01. The number of aliphatic carboxylic acids is 1. The molecular weight excluding hydrogens is 474 g/mol. The molecule has 1 heterocycles. The van der Waals surface area contributed by atoms with Gasteiger partial charge in [0.25, 0.3) is 0 Å². The molecule has 3 aromatic rings. The Bertz CT molecular complexity index is 1110. The van der Waals surface area contributed by atoms with Gasteiger partial charge >= 0.3 is 12.1 Å². The Hall–Kier alpha value is -2.98. The van der Waals surface area contributed by atoms with Gasteiger partial charge in [-0.2, -0.15) is 13.2 Å². The maximum Gasteiger partial charge on any atom is 0.416 e. The maximum atomic E-state index is 14.4. The minimum Gasteiger partial charge on any atom is -0.490 e. The van der Waals surface area contributed by atoms with Crippen LogP contribution in [-0.2, 0) is 28.5 Å². The van der Waals surface area contributed by atoms with Crippen molar-refractivity contribution in [3.8, 4) is 16.3 Å². The molecule has 0 aliphatic carbocycles. The number of hydrogen-bond donors (Lipinski definition) is 1. The highest BCUT2D eigenvalue weighted by Gasteiger charge is 2.30. The third-order valence-electron chi connectivity index (χ3n) is 4.76. The molecule has 1 N–H and O–H groups in total. The largest absolute Gasteiger partial charge is 0.490 e. The monoisotopic (exact) mass is 497 g/mol. The summed E-state index contributed by atoms with van der Waals surface area (Å²) in [5, 5.41) is 11.6. The number of ether oxygens (including phenoxy) is 2. The molecule has 0 aliphatic rings. The van der Waals surface area contributed by atoms with Crippen LogP contribution >= 0.6 is 11.3 Å². The van der Waals surface area contributed by atoms with Crippen LogP contribution < -0.4 is 4.74 Å². The Kier molecular flexibility index (Phi) is 8.27. The molecule has 0 fully saturated rings. The lowest BCUT2D eigenvalue weighted by atomic mass is 10.1. The molecule has 1 atom stereocenters. The number of carbonyl (C=O) groups is 1. The lowest BCUT2D eigenvalue weighted by molar-refractivity contribution is -0.153. The van der Waals surface area contributed by atoms with Crippen LogP contribution in [0, 0.1) is 5.82 Å². The summed E-state index contributed by atoms with van der Waals surface area (Å²) in [6, 6.07) is 9.02. The van der Waals surface area contributed by atoms with Crippen LogP contribution in [0.1, 0.15) is 30.7 Å². The lowest BCUT2D eigenvalue weighted by Crippen LogP contribution is -2.29. The Balaban J connectivity index is 1.56. The Morgan fingerprint density at radius 1 is 1.15 bits per heavy atom. The number of benzene rings is 2. The number of nitrogens with zero attached hydrogens (tertiary/aromatic N) is 1. The number of aromatic nitrogens is 1. The van der Waals surface area contributed by atoms with Crippen molar-refractivity contribution in [1.82, 2.24) is 4.98 Å². The number of thiazole rings is 1. The van der Waals surface area contributed by atoms with Gasteiger partial charge in [-0.3, -0.25) is 0 Å². The van der Waals surface area contributed by atoms with E-state index in [1.54, 1.807) is 25.3 Å². The lowest BCUT2D eigenvalue weighted by Gasteiger charge is -2.17. The minimum atomic E-state index is -4.39. The number of alkyl halides is 3. The minimum absolute atomic E-state index is 0.0241. The van der Waals surface area contributed by atoms with E-state index in [2.05, 4.69) is 4.98 Å². The summed E-state index contributed by atoms with van der Waals surface area (Å²) in [5.41, 5.74) is 0.999. The summed E-state index contributed by atoms with van der Waals surface area (Å²) in [6.45, 7) is 3.59. The van der Waals surface area contributed by atoms with E-state index in [1.165, 1.54) is 35.6 Å². The number of halogens is 4. The summed E-state index contributed by atoms with van der Waals surface area (Å²) in [7, 11) is 0. The molecule has 182 valence electrons. The van der Waals surface area contributed by atoms with E-state index < -0.39 is 29.6 Å². The van der Waals surface area contributed by atoms with Crippen LogP contribution in [0.3, 0.4) is 0 Å². The fourth-order valence-electron chi connectivity index (χ4n) is 3.15. The van der Waals surface area contributed by atoms with E-state index in [0.29, 0.717) is 28.2 Å². The molecule has 0 aliphatic heterocycles. The fourth-order valence-corrected chi connectivity index (χ4v) is 4.01. The van der Waals surface area contributed by atoms with Gasteiger partial charge in [0, 0.05) is 23.8 Å². The van der Waals surface area contributed by atoms with Gasteiger partial charge in [0.05, 0.1) is 24.0 Å². The molecule has 0 saturated heterocycles. The van der Waals surface area contributed by atoms with Crippen LogP contribution in [0.15, 0.2) is 47.8 Å². The molecular formula is C24H23F4NO4S. The molecule has 34 heavy (non-hydrogen) atoms. The summed E-state index contributed by atoms with van der Waals surface area (Å²) in [5.74, 6) is -1.71. The summed E-state index contributed by atoms with van der Waals surface area (Å²) in [4.78, 5) is 15.7. The summed E-state index contributed by atoms with van der Waals surface area (Å²) in [6.07, 6.45) is -5.34. The number of hydrogen-bond acceptors (Lipinski definition) is 5. The third kappa shape index (κ3) is 7.01. The normalized spacial score (nSPS) is 12.7.